The molecule has 0 saturated carbocycles. The molecule has 7 heteroatoms. The first-order valence-electron chi connectivity index (χ1n) is 7.70. The fraction of sp³-hybridized carbons (Fsp3) is 0.562. The van der Waals surface area contributed by atoms with Crippen LogP contribution in [-0.4, -0.2) is 37.8 Å². The quantitative estimate of drug-likeness (QED) is 0.706. The molecule has 0 unspecified atom stereocenters. The van der Waals surface area contributed by atoms with Gasteiger partial charge in [0.25, 0.3) is 0 Å². The van der Waals surface area contributed by atoms with Crippen LogP contribution >= 0.6 is 12.4 Å². The van der Waals surface area contributed by atoms with Crippen molar-refractivity contribution in [2.24, 2.45) is 5.73 Å². The number of hydrogen-bond acceptors (Lipinski definition) is 4. The SMILES string of the molecule is Cl.NC[C@H]1CC[C@@H](C(=O)NCCCCOc2ccc(F)cc2)O1. The number of unbranched alkanes of at least 4 members (excludes halogenated alkanes) is 1. The van der Waals surface area contributed by atoms with Crippen molar-refractivity contribution in [1.29, 1.82) is 0 Å². The molecule has 1 aromatic carbocycles. The minimum absolute atomic E-state index is 0. The third-order valence-electron chi connectivity index (χ3n) is 3.62. The van der Waals surface area contributed by atoms with E-state index >= 15 is 0 Å². The van der Waals surface area contributed by atoms with E-state index in [9.17, 15) is 9.18 Å². The normalized spacial score (nSPS) is 19.9. The number of hydrogen-bond donors (Lipinski definition) is 2. The molecule has 0 aromatic heterocycles. The van der Waals surface area contributed by atoms with Gasteiger partial charge < -0.3 is 20.5 Å². The van der Waals surface area contributed by atoms with Crippen LogP contribution in [0.3, 0.4) is 0 Å². The van der Waals surface area contributed by atoms with E-state index in [2.05, 4.69) is 5.32 Å². The molecule has 2 atom stereocenters. The van der Waals surface area contributed by atoms with Gasteiger partial charge in [-0.25, -0.2) is 4.39 Å². The average Bonchev–Trinajstić information content (AvgIpc) is 3.01. The number of halogens is 2. The number of nitrogens with one attached hydrogen (secondary N) is 1. The fourth-order valence-corrected chi connectivity index (χ4v) is 2.35. The fourth-order valence-electron chi connectivity index (χ4n) is 2.35. The second-order valence-electron chi connectivity index (χ2n) is 5.36. The van der Waals surface area contributed by atoms with Gasteiger partial charge in [0.1, 0.15) is 17.7 Å². The predicted octanol–water partition coefficient (Wildman–Crippen LogP) is 2.03. The van der Waals surface area contributed by atoms with Gasteiger partial charge in [-0.15, -0.1) is 12.4 Å². The zero-order valence-corrected chi connectivity index (χ0v) is 13.8. The topological polar surface area (TPSA) is 73.6 Å². The molecule has 3 N–H and O–H groups in total. The Morgan fingerprint density at radius 3 is 2.70 bits per heavy atom. The van der Waals surface area contributed by atoms with Crippen LogP contribution in [0.5, 0.6) is 5.75 Å². The zero-order chi connectivity index (χ0) is 15.8. The second kappa shape index (κ2) is 10.4. The van der Waals surface area contributed by atoms with Gasteiger partial charge in [0.2, 0.25) is 5.91 Å². The van der Waals surface area contributed by atoms with Crippen LogP contribution in [0.1, 0.15) is 25.7 Å². The summed E-state index contributed by atoms with van der Waals surface area (Å²) in [7, 11) is 0. The van der Waals surface area contributed by atoms with Crippen molar-refractivity contribution in [3.05, 3.63) is 30.1 Å². The Kier molecular flexibility index (Phi) is 8.91. The first-order valence-corrected chi connectivity index (χ1v) is 7.70. The molecule has 0 radical (unpaired) electrons. The molecule has 0 bridgehead atoms. The van der Waals surface area contributed by atoms with E-state index in [0.29, 0.717) is 25.4 Å². The van der Waals surface area contributed by atoms with E-state index in [1.165, 1.54) is 12.1 Å². The molecule has 1 aromatic rings. The van der Waals surface area contributed by atoms with E-state index < -0.39 is 0 Å². The number of amides is 1. The molecule has 2 rings (SSSR count). The van der Waals surface area contributed by atoms with Gasteiger partial charge >= 0.3 is 0 Å². The number of nitrogens with two attached hydrogens (primary N) is 1. The summed E-state index contributed by atoms with van der Waals surface area (Å²) in [5, 5.41) is 2.87. The lowest BCUT2D eigenvalue weighted by atomic mass is 10.2. The van der Waals surface area contributed by atoms with Crippen molar-refractivity contribution in [3.8, 4) is 5.75 Å². The Bertz CT molecular complexity index is 473. The van der Waals surface area contributed by atoms with Gasteiger partial charge in [0.15, 0.2) is 0 Å². The molecule has 1 saturated heterocycles. The third kappa shape index (κ3) is 6.72. The van der Waals surface area contributed by atoms with Gasteiger partial charge in [-0.3, -0.25) is 4.79 Å². The molecule has 23 heavy (non-hydrogen) atoms. The van der Waals surface area contributed by atoms with Crippen LogP contribution in [0.4, 0.5) is 4.39 Å². The number of carbonyl (C=O) groups excluding carboxylic acids is 1. The van der Waals surface area contributed by atoms with E-state index in [1.54, 1.807) is 12.1 Å². The highest BCUT2D eigenvalue weighted by molar-refractivity contribution is 5.85. The van der Waals surface area contributed by atoms with Crippen LogP contribution in [0.25, 0.3) is 0 Å². The third-order valence-corrected chi connectivity index (χ3v) is 3.62. The standard InChI is InChI=1S/C16H23FN2O3.ClH/c17-12-3-5-13(6-4-12)21-10-2-1-9-19-16(20)15-8-7-14(11-18)22-15;/h3-6,14-15H,1-2,7-11,18H2,(H,19,20);1H/t14-,15+;/m1./s1. The van der Waals surface area contributed by atoms with Gasteiger partial charge in [0, 0.05) is 13.1 Å². The van der Waals surface area contributed by atoms with Crippen molar-refractivity contribution in [3.63, 3.8) is 0 Å². The zero-order valence-electron chi connectivity index (χ0n) is 13.0. The largest absolute Gasteiger partial charge is 0.494 e. The number of benzene rings is 1. The summed E-state index contributed by atoms with van der Waals surface area (Å²) >= 11 is 0. The van der Waals surface area contributed by atoms with E-state index in [4.69, 9.17) is 15.2 Å². The highest BCUT2D eigenvalue weighted by atomic mass is 35.5. The van der Waals surface area contributed by atoms with Crippen molar-refractivity contribution in [2.45, 2.75) is 37.9 Å². The van der Waals surface area contributed by atoms with Gasteiger partial charge in [-0.05, 0) is 49.9 Å². The minimum Gasteiger partial charge on any atom is -0.494 e. The summed E-state index contributed by atoms with van der Waals surface area (Å²) < 4.78 is 23.7. The second-order valence-corrected chi connectivity index (χ2v) is 5.36. The molecule has 1 heterocycles. The summed E-state index contributed by atoms with van der Waals surface area (Å²) in [6.45, 7) is 1.60. The minimum atomic E-state index is -0.357. The van der Waals surface area contributed by atoms with Gasteiger partial charge in [-0.2, -0.15) is 0 Å². The van der Waals surface area contributed by atoms with Crippen LogP contribution in [0.2, 0.25) is 0 Å². The molecular weight excluding hydrogens is 323 g/mol. The van der Waals surface area contributed by atoms with Crippen molar-refractivity contribution in [2.75, 3.05) is 19.7 Å². The summed E-state index contributed by atoms with van der Waals surface area (Å²) in [6, 6.07) is 5.93. The van der Waals surface area contributed by atoms with Crippen molar-refractivity contribution >= 4 is 18.3 Å². The smallest absolute Gasteiger partial charge is 0.249 e. The lowest BCUT2D eigenvalue weighted by Crippen LogP contribution is -2.36. The van der Waals surface area contributed by atoms with E-state index in [1.807, 2.05) is 0 Å². The van der Waals surface area contributed by atoms with Crippen molar-refractivity contribution in [1.82, 2.24) is 5.32 Å². The van der Waals surface area contributed by atoms with Gasteiger partial charge in [-0.1, -0.05) is 0 Å². The Morgan fingerprint density at radius 1 is 1.30 bits per heavy atom. The predicted molar refractivity (Wildman–Crippen MR) is 88.3 cm³/mol. The summed E-state index contributed by atoms with van der Waals surface area (Å²) in [5.74, 6) is 0.314. The lowest BCUT2D eigenvalue weighted by Gasteiger charge is -2.12. The maximum absolute atomic E-state index is 12.7. The van der Waals surface area contributed by atoms with Crippen LogP contribution in [-0.2, 0) is 9.53 Å². The van der Waals surface area contributed by atoms with Crippen LogP contribution < -0.4 is 15.8 Å². The number of rotatable bonds is 8. The highest BCUT2D eigenvalue weighted by Gasteiger charge is 2.29. The van der Waals surface area contributed by atoms with Crippen molar-refractivity contribution < 1.29 is 18.7 Å². The maximum atomic E-state index is 12.7. The number of carbonyl (C=O) groups is 1. The monoisotopic (exact) mass is 346 g/mol. The molecule has 0 spiro atoms. The highest BCUT2D eigenvalue weighted by Crippen LogP contribution is 2.18. The van der Waals surface area contributed by atoms with Crippen LogP contribution in [0, 0.1) is 5.82 Å². The molecule has 1 aliphatic rings. The molecule has 130 valence electrons. The summed E-state index contributed by atoms with van der Waals surface area (Å²) in [4.78, 5) is 11.8. The molecular formula is C16H24ClFN2O3. The lowest BCUT2D eigenvalue weighted by molar-refractivity contribution is -0.131. The van der Waals surface area contributed by atoms with E-state index in [-0.39, 0.29) is 36.3 Å². The average molecular weight is 347 g/mol. The van der Waals surface area contributed by atoms with Gasteiger partial charge in [0.05, 0.1) is 12.7 Å². The molecule has 1 amide bonds. The number of ether oxygens (including phenoxy) is 2. The van der Waals surface area contributed by atoms with Crippen LogP contribution in [0.15, 0.2) is 24.3 Å². The molecule has 1 aliphatic heterocycles. The van der Waals surface area contributed by atoms with E-state index in [0.717, 1.165) is 25.7 Å². The molecule has 5 nitrogen and oxygen atoms in total. The first-order chi connectivity index (χ1) is 10.7. The Balaban J connectivity index is 0.00000264. The Hall–Kier alpha value is -1.37. The Labute approximate surface area is 142 Å². The molecule has 1 fully saturated rings. The maximum Gasteiger partial charge on any atom is 0.249 e. The summed E-state index contributed by atoms with van der Waals surface area (Å²) in [5.41, 5.74) is 5.52. The summed E-state index contributed by atoms with van der Waals surface area (Å²) in [6.07, 6.45) is 2.87. The Morgan fingerprint density at radius 2 is 2.04 bits per heavy atom. The molecule has 0 aliphatic carbocycles. The first kappa shape index (κ1) is 19.7.